The van der Waals surface area contributed by atoms with E-state index < -0.39 is 0 Å². The van der Waals surface area contributed by atoms with Gasteiger partial charge in [-0.05, 0) is 39.4 Å². The summed E-state index contributed by atoms with van der Waals surface area (Å²) < 4.78 is 7.50. The minimum atomic E-state index is 0.0295. The van der Waals surface area contributed by atoms with Crippen LogP contribution in [0.5, 0.6) is 0 Å². The van der Waals surface area contributed by atoms with Gasteiger partial charge in [0.1, 0.15) is 6.61 Å². The molecule has 156 valence electrons. The molecule has 2 saturated heterocycles. The highest BCUT2D eigenvalue weighted by atomic mass is 16.5. The van der Waals surface area contributed by atoms with Gasteiger partial charge in [0.05, 0.1) is 18.0 Å². The summed E-state index contributed by atoms with van der Waals surface area (Å²) in [6.07, 6.45) is 3.60. The van der Waals surface area contributed by atoms with Gasteiger partial charge in [-0.3, -0.25) is 14.3 Å². The molecule has 0 aromatic carbocycles. The molecule has 1 aromatic rings. The second-order valence-electron chi connectivity index (χ2n) is 8.14. The molecule has 0 bridgehead atoms. The Morgan fingerprint density at radius 1 is 1.32 bits per heavy atom. The number of piperidine rings is 1. The SMILES string of the molecule is CN(C)Cc1cc([C@@H]2CCCN(C(=O)COCCN3CCCC3=O)C2)nn1C. The number of aryl methyl sites for hydroxylation is 1. The number of hydrogen-bond acceptors (Lipinski definition) is 5. The van der Waals surface area contributed by atoms with E-state index in [9.17, 15) is 9.59 Å². The fraction of sp³-hybridized carbons (Fsp3) is 0.750. The van der Waals surface area contributed by atoms with E-state index in [2.05, 4.69) is 11.0 Å². The van der Waals surface area contributed by atoms with Crippen LogP contribution in [0.2, 0.25) is 0 Å². The zero-order chi connectivity index (χ0) is 20.1. The van der Waals surface area contributed by atoms with Gasteiger partial charge >= 0.3 is 0 Å². The first-order valence-electron chi connectivity index (χ1n) is 10.2. The third kappa shape index (κ3) is 5.32. The molecule has 2 fully saturated rings. The third-order valence-electron chi connectivity index (χ3n) is 5.57. The Labute approximate surface area is 167 Å². The van der Waals surface area contributed by atoms with Crippen LogP contribution in [0, 0.1) is 0 Å². The number of likely N-dealkylation sites (tertiary alicyclic amines) is 2. The first-order valence-corrected chi connectivity index (χ1v) is 10.2. The Balaban J connectivity index is 1.46. The van der Waals surface area contributed by atoms with Gasteiger partial charge in [0.25, 0.3) is 0 Å². The average molecular weight is 392 g/mol. The maximum absolute atomic E-state index is 12.5. The van der Waals surface area contributed by atoms with Gasteiger partial charge in [0.15, 0.2) is 0 Å². The summed E-state index contributed by atoms with van der Waals surface area (Å²) >= 11 is 0. The van der Waals surface area contributed by atoms with Gasteiger partial charge < -0.3 is 19.4 Å². The summed E-state index contributed by atoms with van der Waals surface area (Å²) in [4.78, 5) is 30.0. The predicted molar refractivity (Wildman–Crippen MR) is 106 cm³/mol. The zero-order valence-electron chi connectivity index (χ0n) is 17.4. The summed E-state index contributed by atoms with van der Waals surface area (Å²) in [6, 6.07) is 2.17. The van der Waals surface area contributed by atoms with Crippen LogP contribution in [0.3, 0.4) is 0 Å². The summed E-state index contributed by atoms with van der Waals surface area (Å²) in [5.74, 6) is 0.502. The standard InChI is InChI=1S/C20H33N5O3/c1-22(2)14-17-12-18(21-23(17)3)16-6-4-9-25(13-16)20(27)15-28-11-10-24-8-5-7-19(24)26/h12,16H,4-11,13-15H2,1-3H3/t16-/m1/s1. The van der Waals surface area contributed by atoms with Crippen molar-refractivity contribution in [2.75, 3.05) is 53.5 Å². The van der Waals surface area contributed by atoms with Crippen molar-refractivity contribution >= 4 is 11.8 Å². The van der Waals surface area contributed by atoms with E-state index >= 15 is 0 Å². The Hall–Kier alpha value is -1.93. The molecular weight excluding hydrogens is 358 g/mol. The molecule has 3 rings (SSSR count). The summed E-state index contributed by atoms with van der Waals surface area (Å²) in [6.45, 7) is 4.23. The number of amides is 2. The van der Waals surface area contributed by atoms with Crippen molar-refractivity contribution in [3.63, 3.8) is 0 Å². The molecular formula is C20H33N5O3. The van der Waals surface area contributed by atoms with E-state index in [1.807, 2.05) is 35.6 Å². The van der Waals surface area contributed by atoms with E-state index in [0.29, 0.717) is 26.1 Å². The largest absolute Gasteiger partial charge is 0.370 e. The molecule has 2 aliphatic rings. The minimum absolute atomic E-state index is 0.0295. The van der Waals surface area contributed by atoms with Crippen molar-refractivity contribution in [2.45, 2.75) is 38.1 Å². The minimum Gasteiger partial charge on any atom is -0.370 e. The molecule has 0 aliphatic carbocycles. The highest BCUT2D eigenvalue weighted by Crippen LogP contribution is 2.26. The van der Waals surface area contributed by atoms with Crippen LogP contribution in [-0.2, 0) is 27.9 Å². The topological polar surface area (TPSA) is 70.9 Å². The number of nitrogens with zero attached hydrogens (tertiary/aromatic N) is 5. The van der Waals surface area contributed by atoms with Gasteiger partial charge in [0, 0.05) is 52.1 Å². The number of aromatic nitrogens is 2. The highest BCUT2D eigenvalue weighted by Gasteiger charge is 2.27. The number of carbonyl (C=O) groups is 2. The summed E-state index contributed by atoms with van der Waals surface area (Å²) in [5, 5.41) is 4.69. The Kier molecular flexibility index (Phi) is 7.07. The van der Waals surface area contributed by atoms with E-state index in [0.717, 1.165) is 44.6 Å². The lowest BCUT2D eigenvalue weighted by molar-refractivity contribution is -0.137. The maximum atomic E-state index is 12.5. The molecule has 0 unspecified atom stereocenters. The fourth-order valence-corrected chi connectivity index (χ4v) is 4.01. The number of ether oxygens (including phenoxy) is 1. The van der Waals surface area contributed by atoms with Crippen LogP contribution in [-0.4, -0.2) is 89.8 Å². The van der Waals surface area contributed by atoms with E-state index in [4.69, 9.17) is 9.84 Å². The Bertz CT molecular complexity index is 687. The smallest absolute Gasteiger partial charge is 0.248 e. The number of carbonyl (C=O) groups excluding carboxylic acids is 2. The molecule has 3 heterocycles. The van der Waals surface area contributed by atoms with Crippen molar-refractivity contribution in [2.24, 2.45) is 7.05 Å². The first-order chi connectivity index (χ1) is 13.4. The molecule has 8 heteroatoms. The van der Waals surface area contributed by atoms with Crippen LogP contribution >= 0.6 is 0 Å². The van der Waals surface area contributed by atoms with Gasteiger partial charge in [-0.2, -0.15) is 5.10 Å². The van der Waals surface area contributed by atoms with Crippen molar-refractivity contribution in [3.05, 3.63) is 17.5 Å². The molecule has 1 atom stereocenters. The Morgan fingerprint density at radius 2 is 2.14 bits per heavy atom. The fourth-order valence-electron chi connectivity index (χ4n) is 4.01. The van der Waals surface area contributed by atoms with E-state index in [1.54, 1.807) is 0 Å². The molecule has 0 radical (unpaired) electrons. The Morgan fingerprint density at radius 3 is 2.86 bits per heavy atom. The summed E-state index contributed by atoms with van der Waals surface area (Å²) in [7, 11) is 6.08. The molecule has 28 heavy (non-hydrogen) atoms. The molecule has 2 aliphatic heterocycles. The van der Waals surface area contributed by atoms with Gasteiger partial charge in [-0.15, -0.1) is 0 Å². The average Bonchev–Trinajstić information content (AvgIpc) is 3.24. The second-order valence-corrected chi connectivity index (χ2v) is 8.14. The highest BCUT2D eigenvalue weighted by molar-refractivity contribution is 5.78. The molecule has 0 N–H and O–H groups in total. The quantitative estimate of drug-likeness (QED) is 0.614. The summed E-state index contributed by atoms with van der Waals surface area (Å²) in [5.41, 5.74) is 2.26. The molecule has 2 amide bonds. The monoisotopic (exact) mass is 391 g/mol. The molecule has 0 spiro atoms. The lowest BCUT2D eigenvalue weighted by atomic mass is 9.94. The van der Waals surface area contributed by atoms with Crippen molar-refractivity contribution < 1.29 is 14.3 Å². The van der Waals surface area contributed by atoms with Crippen LogP contribution in [0.25, 0.3) is 0 Å². The number of rotatable bonds is 8. The zero-order valence-corrected chi connectivity index (χ0v) is 17.4. The van der Waals surface area contributed by atoms with Gasteiger partial charge in [0.2, 0.25) is 11.8 Å². The van der Waals surface area contributed by atoms with Crippen LogP contribution < -0.4 is 0 Å². The molecule has 1 aromatic heterocycles. The molecule has 0 saturated carbocycles. The lowest BCUT2D eigenvalue weighted by Gasteiger charge is -2.32. The normalized spacial score (nSPS) is 20.4. The van der Waals surface area contributed by atoms with E-state index in [1.165, 1.54) is 5.69 Å². The first kappa shape index (κ1) is 20.8. The maximum Gasteiger partial charge on any atom is 0.248 e. The van der Waals surface area contributed by atoms with Crippen molar-refractivity contribution in [3.8, 4) is 0 Å². The third-order valence-corrected chi connectivity index (χ3v) is 5.57. The van der Waals surface area contributed by atoms with Crippen molar-refractivity contribution in [1.29, 1.82) is 0 Å². The van der Waals surface area contributed by atoms with Crippen LogP contribution in [0.4, 0.5) is 0 Å². The molecule has 8 nitrogen and oxygen atoms in total. The lowest BCUT2D eigenvalue weighted by Crippen LogP contribution is -2.41. The van der Waals surface area contributed by atoms with Gasteiger partial charge in [-0.25, -0.2) is 0 Å². The predicted octanol–water partition coefficient (Wildman–Crippen LogP) is 0.827. The number of hydrogen-bond donors (Lipinski definition) is 0. The van der Waals surface area contributed by atoms with E-state index in [-0.39, 0.29) is 24.3 Å². The van der Waals surface area contributed by atoms with Crippen LogP contribution in [0.15, 0.2) is 6.07 Å². The van der Waals surface area contributed by atoms with Crippen molar-refractivity contribution in [1.82, 2.24) is 24.5 Å². The van der Waals surface area contributed by atoms with Gasteiger partial charge in [-0.1, -0.05) is 0 Å². The van der Waals surface area contributed by atoms with Crippen LogP contribution in [0.1, 0.15) is 43.0 Å². The second kappa shape index (κ2) is 9.52.